The van der Waals surface area contributed by atoms with Crippen LogP contribution in [0.1, 0.15) is 19.8 Å². The predicted molar refractivity (Wildman–Crippen MR) is 103 cm³/mol. The molecular formula is C18H22BrNO4S. The largest absolute Gasteiger partial charge is 0.493 e. The van der Waals surface area contributed by atoms with Gasteiger partial charge in [0.15, 0.2) is 11.5 Å². The average Bonchev–Trinajstić information content (AvgIpc) is 2.62. The minimum absolute atomic E-state index is 0.144. The molecule has 0 aliphatic heterocycles. The third kappa shape index (κ3) is 4.27. The zero-order chi connectivity index (χ0) is 18.4. The van der Waals surface area contributed by atoms with Crippen LogP contribution < -0.4 is 13.8 Å². The van der Waals surface area contributed by atoms with Gasteiger partial charge in [-0.2, -0.15) is 0 Å². The Bertz CT molecular complexity index is 809. The summed E-state index contributed by atoms with van der Waals surface area (Å²) in [6, 6.07) is 12.2. The van der Waals surface area contributed by atoms with Crippen molar-refractivity contribution in [2.75, 3.05) is 25.1 Å². The highest BCUT2D eigenvalue weighted by atomic mass is 79.9. The first-order valence-electron chi connectivity index (χ1n) is 7.95. The van der Waals surface area contributed by atoms with E-state index in [2.05, 4.69) is 15.9 Å². The molecule has 0 aliphatic carbocycles. The van der Waals surface area contributed by atoms with Crippen molar-refractivity contribution in [1.29, 1.82) is 0 Å². The van der Waals surface area contributed by atoms with Gasteiger partial charge < -0.3 is 9.47 Å². The van der Waals surface area contributed by atoms with Crippen LogP contribution >= 0.6 is 15.9 Å². The molecule has 0 bridgehead atoms. The summed E-state index contributed by atoms with van der Waals surface area (Å²) in [5.74, 6) is 0.834. The molecule has 0 aromatic heterocycles. The summed E-state index contributed by atoms with van der Waals surface area (Å²) < 4.78 is 39.0. The molecule has 0 atom stereocenters. The van der Waals surface area contributed by atoms with Crippen LogP contribution in [0.15, 0.2) is 51.8 Å². The van der Waals surface area contributed by atoms with E-state index in [1.54, 1.807) is 18.2 Å². The molecule has 0 N–H and O–H groups in total. The highest BCUT2D eigenvalue weighted by Crippen LogP contribution is 2.37. The van der Waals surface area contributed by atoms with Gasteiger partial charge in [-0.15, -0.1) is 0 Å². The third-order valence-corrected chi connectivity index (χ3v) is 6.55. The van der Waals surface area contributed by atoms with Crippen LogP contribution in [0, 0.1) is 0 Å². The van der Waals surface area contributed by atoms with Gasteiger partial charge >= 0.3 is 0 Å². The summed E-state index contributed by atoms with van der Waals surface area (Å²) >= 11 is 3.35. The minimum Gasteiger partial charge on any atom is -0.493 e. The number of hydrogen-bond donors (Lipinski definition) is 0. The fraction of sp³-hybridized carbons (Fsp3) is 0.333. The quantitative estimate of drug-likeness (QED) is 0.623. The molecule has 0 fully saturated rings. The van der Waals surface area contributed by atoms with Crippen molar-refractivity contribution in [2.24, 2.45) is 0 Å². The van der Waals surface area contributed by atoms with E-state index in [1.165, 1.54) is 24.6 Å². The van der Waals surface area contributed by atoms with Crippen molar-refractivity contribution < 1.29 is 17.9 Å². The summed E-state index contributed by atoms with van der Waals surface area (Å²) in [6.07, 6.45) is 1.66. The zero-order valence-electron chi connectivity index (χ0n) is 14.5. The van der Waals surface area contributed by atoms with Gasteiger partial charge in [0.2, 0.25) is 0 Å². The first kappa shape index (κ1) is 19.6. The standard InChI is InChI=1S/C18H22BrNO4S/c1-4-5-11-20(14-9-7-6-8-10-14)25(21,22)18-13-17(24-3)16(23-2)12-15(18)19/h6-10,12-13H,4-5,11H2,1-3H3. The number of hydrogen-bond acceptors (Lipinski definition) is 4. The van der Waals surface area contributed by atoms with Crippen LogP contribution in [0.2, 0.25) is 0 Å². The molecule has 0 aliphatic rings. The number of benzene rings is 2. The van der Waals surface area contributed by atoms with Crippen molar-refractivity contribution in [2.45, 2.75) is 24.7 Å². The molecule has 0 amide bonds. The summed E-state index contributed by atoms with van der Waals surface area (Å²) in [7, 11) is -0.773. The molecule has 0 unspecified atom stereocenters. The Morgan fingerprint density at radius 1 is 1.04 bits per heavy atom. The Kier molecular flexibility index (Phi) is 6.72. The number of halogens is 1. The van der Waals surface area contributed by atoms with E-state index in [1.807, 2.05) is 25.1 Å². The molecule has 7 heteroatoms. The van der Waals surface area contributed by atoms with E-state index in [4.69, 9.17) is 9.47 Å². The van der Waals surface area contributed by atoms with Crippen molar-refractivity contribution >= 4 is 31.6 Å². The molecule has 2 aromatic rings. The highest BCUT2D eigenvalue weighted by Gasteiger charge is 2.28. The van der Waals surface area contributed by atoms with Crippen molar-refractivity contribution in [1.82, 2.24) is 0 Å². The van der Waals surface area contributed by atoms with E-state index in [0.29, 0.717) is 28.2 Å². The normalized spacial score (nSPS) is 11.2. The van der Waals surface area contributed by atoms with Crippen LogP contribution in [0.25, 0.3) is 0 Å². The van der Waals surface area contributed by atoms with E-state index >= 15 is 0 Å². The van der Waals surface area contributed by atoms with Crippen LogP contribution in [-0.4, -0.2) is 29.2 Å². The maximum absolute atomic E-state index is 13.3. The van der Waals surface area contributed by atoms with E-state index in [9.17, 15) is 8.42 Å². The molecule has 136 valence electrons. The summed E-state index contributed by atoms with van der Waals surface area (Å²) in [5.41, 5.74) is 0.637. The molecule has 0 radical (unpaired) electrons. The van der Waals surface area contributed by atoms with Crippen LogP contribution in [0.5, 0.6) is 11.5 Å². The Balaban J connectivity index is 2.57. The Morgan fingerprint density at radius 3 is 2.20 bits per heavy atom. The average molecular weight is 428 g/mol. The van der Waals surface area contributed by atoms with Gasteiger partial charge in [-0.25, -0.2) is 8.42 Å². The number of anilines is 1. The van der Waals surface area contributed by atoms with E-state index < -0.39 is 10.0 Å². The van der Waals surface area contributed by atoms with Gasteiger partial charge in [0, 0.05) is 17.1 Å². The lowest BCUT2D eigenvalue weighted by atomic mass is 10.3. The van der Waals surface area contributed by atoms with Crippen molar-refractivity contribution in [3.63, 3.8) is 0 Å². The smallest absolute Gasteiger partial charge is 0.265 e. The number of sulfonamides is 1. The Hall–Kier alpha value is -1.73. The molecular weight excluding hydrogens is 406 g/mol. The van der Waals surface area contributed by atoms with Gasteiger partial charge in [-0.1, -0.05) is 31.5 Å². The number of para-hydroxylation sites is 1. The molecule has 0 saturated heterocycles. The van der Waals surface area contributed by atoms with Gasteiger partial charge in [0.25, 0.3) is 10.0 Å². The second kappa shape index (κ2) is 8.58. The number of rotatable bonds is 8. The monoisotopic (exact) mass is 427 g/mol. The maximum atomic E-state index is 13.3. The Labute approximate surface area is 157 Å². The molecule has 0 saturated carbocycles. The van der Waals surface area contributed by atoms with Crippen LogP contribution in [0.3, 0.4) is 0 Å². The predicted octanol–water partition coefficient (Wildman–Crippen LogP) is 4.46. The molecule has 25 heavy (non-hydrogen) atoms. The SMILES string of the molecule is CCCCN(c1ccccc1)S(=O)(=O)c1cc(OC)c(OC)cc1Br. The lowest BCUT2D eigenvalue weighted by molar-refractivity contribution is 0.353. The van der Waals surface area contributed by atoms with Gasteiger partial charge in [-0.3, -0.25) is 4.31 Å². The summed E-state index contributed by atoms with van der Waals surface area (Å²) in [4.78, 5) is 0.144. The number of unbranched alkanes of at least 4 members (excludes halogenated alkanes) is 1. The fourth-order valence-corrected chi connectivity index (χ4v) is 4.94. The van der Waals surface area contributed by atoms with Crippen molar-refractivity contribution in [3.8, 4) is 11.5 Å². The molecule has 5 nitrogen and oxygen atoms in total. The molecule has 0 heterocycles. The number of ether oxygens (including phenoxy) is 2. The summed E-state index contributed by atoms with van der Waals surface area (Å²) in [5, 5.41) is 0. The fourth-order valence-electron chi connectivity index (χ4n) is 2.44. The van der Waals surface area contributed by atoms with Crippen LogP contribution in [-0.2, 0) is 10.0 Å². The second-order valence-corrected chi connectivity index (χ2v) is 8.09. The zero-order valence-corrected chi connectivity index (χ0v) is 16.9. The lowest BCUT2D eigenvalue weighted by Gasteiger charge is -2.25. The minimum atomic E-state index is -3.76. The number of nitrogens with zero attached hydrogens (tertiary/aromatic N) is 1. The summed E-state index contributed by atoms with van der Waals surface area (Å²) in [6.45, 7) is 2.44. The lowest BCUT2D eigenvalue weighted by Crippen LogP contribution is -2.32. The van der Waals surface area contributed by atoms with Gasteiger partial charge in [0.05, 0.1) is 19.9 Å². The van der Waals surface area contributed by atoms with Gasteiger partial charge in [-0.05, 0) is 40.5 Å². The highest BCUT2D eigenvalue weighted by molar-refractivity contribution is 9.10. The first-order chi connectivity index (χ1) is 12.0. The molecule has 0 spiro atoms. The number of methoxy groups -OCH3 is 2. The topological polar surface area (TPSA) is 55.8 Å². The van der Waals surface area contributed by atoms with Gasteiger partial charge in [0.1, 0.15) is 4.90 Å². The molecule has 2 aromatic carbocycles. The van der Waals surface area contributed by atoms with E-state index in [0.717, 1.165) is 12.8 Å². The maximum Gasteiger partial charge on any atom is 0.265 e. The van der Waals surface area contributed by atoms with Crippen molar-refractivity contribution in [3.05, 3.63) is 46.9 Å². The third-order valence-electron chi connectivity index (χ3n) is 3.77. The first-order valence-corrected chi connectivity index (χ1v) is 10.2. The Morgan fingerprint density at radius 2 is 1.64 bits per heavy atom. The van der Waals surface area contributed by atoms with E-state index in [-0.39, 0.29) is 4.90 Å². The molecule has 2 rings (SSSR count). The van der Waals surface area contributed by atoms with Crippen LogP contribution in [0.4, 0.5) is 5.69 Å². The second-order valence-electron chi connectivity index (χ2n) is 5.40.